The maximum absolute atomic E-state index is 10.5. The van der Waals surface area contributed by atoms with Crippen molar-refractivity contribution >= 4 is 20.7 Å². The Morgan fingerprint density at radius 2 is 1.74 bits per heavy atom. The largest absolute Gasteiger partial charge is 0.397 e. The summed E-state index contributed by atoms with van der Waals surface area (Å²) in [5, 5.41) is 19.1. The van der Waals surface area contributed by atoms with Crippen LogP contribution < -0.4 is 4.72 Å². The summed E-state index contributed by atoms with van der Waals surface area (Å²) in [7, 11) is -9.33. The molecule has 5 N–H and O–H groups in total. The van der Waals surface area contributed by atoms with Crippen molar-refractivity contribution in [1.29, 1.82) is 0 Å². The molecule has 13 heteroatoms. The zero-order valence-corrected chi connectivity index (χ0v) is 10.9. The minimum atomic E-state index is -4.73. The van der Waals surface area contributed by atoms with Crippen molar-refractivity contribution in [2.45, 2.75) is 24.4 Å². The molecule has 1 saturated heterocycles. The molecule has 1 aliphatic heterocycles. The molecule has 0 aliphatic carbocycles. The average Bonchev–Trinajstić information content (AvgIpc) is 2.21. The second kappa shape index (κ2) is 5.94. The first-order valence-corrected chi connectivity index (χ1v) is 7.64. The fourth-order valence-corrected chi connectivity index (χ4v) is 2.37. The zero-order chi connectivity index (χ0) is 14.8. The van der Waals surface area contributed by atoms with Gasteiger partial charge in [0.15, 0.2) is 0 Å². The monoisotopic (exact) mass is 323 g/mol. The van der Waals surface area contributed by atoms with E-state index in [9.17, 15) is 27.0 Å². The quantitative estimate of drug-likeness (QED) is 0.321. The van der Waals surface area contributed by atoms with E-state index in [2.05, 4.69) is 4.18 Å². The van der Waals surface area contributed by atoms with Crippen LogP contribution in [0.5, 0.6) is 0 Å². The summed E-state index contributed by atoms with van der Waals surface area (Å²) in [5.41, 5.74) is 0. The number of hydrogen-bond acceptors (Lipinski definition) is 8. The van der Waals surface area contributed by atoms with Crippen molar-refractivity contribution in [3.8, 4) is 0 Å². The van der Waals surface area contributed by atoms with Crippen molar-refractivity contribution in [1.82, 2.24) is 4.72 Å². The molecule has 0 aromatic carbocycles. The number of ether oxygens (including phenoxy) is 1. The number of nitrogens with one attached hydrogen (secondary N) is 1. The molecule has 1 heterocycles. The van der Waals surface area contributed by atoms with Crippen LogP contribution in [0.1, 0.15) is 0 Å². The van der Waals surface area contributed by atoms with Crippen LogP contribution in [0.25, 0.3) is 0 Å². The Kier molecular flexibility index (Phi) is 5.21. The number of aliphatic hydroxyl groups is 2. The molecule has 4 unspecified atom stereocenters. The predicted molar refractivity (Wildman–Crippen MR) is 57.7 cm³/mol. The topological polar surface area (TPSA) is 180 Å². The Morgan fingerprint density at radius 1 is 1.16 bits per heavy atom. The molecule has 1 aliphatic rings. The van der Waals surface area contributed by atoms with Gasteiger partial charge in [0.25, 0.3) is 0 Å². The summed E-state index contributed by atoms with van der Waals surface area (Å²) in [6, 6.07) is -1.31. The highest BCUT2D eigenvalue weighted by molar-refractivity contribution is 7.83. The lowest BCUT2D eigenvalue weighted by Gasteiger charge is -2.36. The van der Waals surface area contributed by atoms with E-state index in [0.717, 1.165) is 0 Å². The fourth-order valence-electron chi connectivity index (χ4n) is 1.48. The second-order valence-electron chi connectivity index (χ2n) is 3.76. The minimum absolute atomic E-state index is 0.447. The van der Waals surface area contributed by atoms with Crippen LogP contribution in [0.3, 0.4) is 0 Å². The lowest BCUT2D eigenvalue weighted by atomic mass is 9.99. The maximum atomic E-state index is 10.5. The lowest BCUT2D eigenvalue weighted by Crippen LogP contribution is -2.60. The van der Waals surface area contributed by atoms with Crippen molar-refractivity contribution < 1.29 is 45.1 Å². The second-order valence-corrected chi connectivity index (χ2v) is 6.04. The van der Waals surface area contributed by atoms with Gasteiger partial charge in [-0.3, -0.25) is 9.11 Å². The van der Waals surface area contributed by atoms with Gasteiger partial charge in [0, 0.05) is 0 Å². The van der Waals surface area contributed by atoms with Gasteiger partial charge in [0.2, 0.25) is 0 Å². The van der Waals surface area contributed by atoms with E-state index < -0.39 is 58.3 Å². The summed E-state index contributed by atoms with van der Waals surface area (Å²) < 4.78 is 69.1. The summed E-state index contributed by atoms with van der Waals surface area (Å²) in [4.78, 5) is 0. The van der Waals surface area contributed by atoms with Crippen molar-refractivity contribution in [3.63, 3.8) is 0 Å². The first-order chi connectivity index (χ1) is 8.49. The third-order valence-corrected chi connectivity index (χ3v) is 3.35. The molecular formula is C6H13NO10S2. The van der Waals surface area contributed by atoms with Gasteiger partial charge >= 0.3 is 20.7 Å². The van der Waals surface area contributed by atoms with Gasteiger partial charge in [-0.1, -0.05) is 0 Å². The van der Waals surface area contributed by atoms with E-state index in [1.807, 2.05) is 0 Å². The molecule has 1 rings (SSSR count). The number of rotatable bonds is 5. The smallest absolute Gasteiger partial charge is 0.389 e. The summed E-state index contributed by atoms with van der Waals surface area (Å²) in [6.45, 7) is -1.22. The van der Waals surface area contributed by atoms with E-state index >= 15 is 0 Å². The maximum Gasteiger partial charge on any atom is 0.397 e. The third kappa shape index (κ3) is 5.64. The van der Waals surface area contributed by atoms with E-state index in [4.69, 9.17) is 13.8 Å². The molecular weight excluding hydrogens is 310 g/mol. The molecule has 0 aromatic heterocycles. The average molecular weight is 323 g/mol. The van der Waals surface area contributed by atoms with Gasteiger partial charge in [-0.2, -0.15) is 21.6 Å². The van der Waals surface area contributed by atoms with Crippen LogP contribution in [0, 0.1) is 0 Å². The molecule has 0 aromatic rings. The third-order valence-electron chi connectivity index (χ3n) is 2.31. The molecule has 0 bridgehead atoms. The SMILES string of the molecule is O=S(=O)(O)NC1COC(COS(=O)(=O)O)C(O)C1O. The molecule has 0 saturated carbocycles. The van der Waals surface area contributed by atoms with Gasteiger partial charge < -0.3 is 14.9 Å². The fraction of sp³-hybridized carbons (Fsp3) is 1.00. The minimum Gasteiger partial charge on any atom is -0.389 e. The predicted octanol–water partition coefficient (Wildman–Crippen LogP) is -3.31. The van der Waals surface area contributed by atoms with Crippen LogP contribution in [0.15, 0.2) is 0 Å². The Hall–Kier alpha value is -0.380. The normalized spacial score (nSPS) is 33.3. The Bertz CT molecular complexity index is 498. The van der Waals surface area contributed by atoms with Crippen LogP contribution in [-0.2, 0) is 29.6 Å². The Morgan fingerprint density at radius 3 is 2.21 bits per heavy atom. The first kappa shape index (κ1) is 16.7. The number of hydrogen-bond donors (Lipinski definition) is 5. The summed E-state index contributed by atoms with van der Waals surface area (Å²) in [5.74, 6) is 0. The Labute approximate surface area is 109 Å². The van der Waals surface area contributed by atoms with Crippen LogP contribution in [0.4, 0.5) is 0 Å². The van der Waals surface area contributed by atoms with E-state index in [-0.39, 0.29) is 0 Å². The molecule has 0 amide bonds. The molecule has 4 atom stereocenters. The van der Waals surface area contributed by atoms with Gasteiger partial charge in [0.1, 0.15) is 18.3 Å². The first-order valence-electron chi connectivity index (χ1n) is 4.84. The summed E-state index contributed by atoms with van der Waals surface area (Å²) >= 11 is 0. The van der Waals surface area contributed by atoms with Gasteiger partial charge in [-0.25, -0.2) is 4.18 Å². The van der Waals surface area contributed by atoms with Gasteiger partial charge in [-0.05, 0) is 0 Å². The van der Waals surface area contributed by atoms with Gasteiger partial charge in [-0.15, -0.1) is 0 Å². The standard InChI is InChI=1S/C6H13NO10S2/c8-5-3(7-18(10,11)12)1-16-4(6(5)9)2-17-19(13,14)15/h3-9H,1-2H2,(H,10,11,12)(H,13,14,15). The van der Waals surface area contributed by atoms with Crippen molar-refractivity contribution in [2.75, 3.05) is 13.2 Å². The van der Waals surface area contributed by atoms with Crippen LogP contribution in [-0.4, -0.2) is 73.7 Å². The summed E-state index contributed by atoms with van der Waals surface area (Å²) in [6.07, 6.45) is -4.64. The van der Waals surface area contributed by atoms with Crippen molar-refractivity contribution in [3.05, 3.63) is 0 Å². The van der Waals surface area contributed by atoms with E-state index in [1.54, 1.807) is 4.72 Å². The highest BCUT2D eigenvalue weighted by Gasteiger charge is 2.40. The van der Waals surface area contributed by atoms with Crippen LogP contribution >= 0.6 is 0 Å². The van der Waals surface area contributed by atoms with Crippen LogP contribution in [0.2, 0.25) is 0 Å². The van der Waals surface area contributed by atoms with Gasteiger partial charge in [0.05, 0.1) is 19.3 Å². The molecule has 1 fully saturated rings. The zero-order valence-electron chi connectivity index (χ0n) is 9.28. The highest BCUT2D eigenvalue weighted by Crippen LogP contribution is 2.17. The van der Waals surface area contributed by atoms with E-state index in [0.29, 0.717) is 0 Å². The van der Waals surface area contributed by atoms with Crippen molar-refractivity contribution in [2.24, 2.45) is 0 Å². The lowest BCUT2D eigenvalue weighted by molar-refractivity contribution is -0.156. The molecule has 19 heavy (non-hydrogen) atoms. The Balaban J connectivity index is 2.62. The molecule has 0 radical (unpaired) electrons. The highest BCUT2D eigenvalue weighted by atomic mass is 32.3. The molecule has 0 spiro atoms. The molecule has 114 valence electrons. The van der Waals surface area contributed by atoms with E-state index in [1.165, 1.54) is 0 Å². The molecule has 11 nitrogen and oxygen atoms in total. The number of aliphatic hydroxyl groups excluding tert-OH is 2.